The molecule has 0 heterocycles. The van der Waals surface area contributed by atoms with Crippen molar-refractivity contribution in [2.45, 2.75) is 6.92 Å². The molecule has 0 aliphatic heterocycles. The molecule has 0 rings (SSSR count). The number of carbonyl (C=O) groups is 2. The minimum Gasteiger partial charge on any atom is -0.476 e. The van der Waals surface area contributed by atoms with Crippen LogP contribution in [0.15, 0.2) is 0 Å². The molecular formula is C3H4BaO3+2. The van der Waals surface area contributed by atoms with E-state index in [1.54, 1.807) is 0 Å². The summed E-state index contributed by atoms with van der Waals surface area (Å²) in [6.45, 7) is 1.00. The molecule has 0 aliphatic rings. The molecule has 3 nitrogen and oxygen atoms in total. The van der Waals surface area contributed by atoms with E-state index < -0.39 is 11.8 Å². The van der Waals surface area contributed by atoms with Crippen molar-refractivity contribution in [1.82, 2.24) is 0 Å². The summed E-state index contributed by atoms with van der Waals surface area (Å²) >= 11 is 0. The SMILES string of the molecule is CC(=O)C(=O)O.[Ba+2]. The van der Waals surface area contributed by atoms with Gasteiger partial charge in [-0.2, -0.15) is 0 Å². The van der Waals surface area contributed by atoms with Gasteiger partial charge in [0, 0.05) is 6.92 Å². The average Bonchev–Trinajstić information content (AvgIpc) is 1.36. The summed E-state index contributed by atoms with van der Waals surface area (Å²) in [5, 5.41) is 7.64. The Kier molecular flexibility index (Phi) is 7.39. The summed E-state index contributed by atoms with van der Waals surface area (Å²) in [6.07, 6.45) is 0. The minimum absolute atomic E-state index is 0. The maximum atomic E-state index is 9.54. The van der Waals surface area contributed by atoms with Gasteiger partial charge in [0.1, 0.15) is 0 Å². The van der Waals surface area contributed by atoms with Crippen LogP contribution in [0.5, 0.6) is 0 Å². The van der Waals surface area contributed by atoms with E-state index in [0.29, 0.717) is 0 Å². The van der Waals surface area contributed by atoms with Crippen molar-refractivity contribution >= 4 is 60.6 Å². The van der Waals surface area contributed by atoms with Crippen molar-refractivity contribution in [3.63, 3.8) is 0 Å². The van der Waals surface area contributed by atoms with Gasteiger partial charge in [-0.15, -0.1) is 0 Å². The Morgan fingerprint density at radius 3 is 1.57 bits per heavy atom. The van der Waals surface area contributed by atoms with Crippen LogP contribution in [0.4, 0.5) is 0 Å². The number of rotatable bonds is 1. The first kappa shape index (κ1) is 10.6. The van der Waals surface area contributed by atoms with Crippen molar-refractivity contribution in [2.24, 2.45) is 0 Å². The van der Waals surface area contributed by atoms with Gasteiger partial charge in [-0.1, -0.05) is 0 Å². The van der Waals surface area contributed by atoms with Gasteiger partial charge in [-0.25, -0.2) is 4.79 Å². The number of carboxylic acids is 1. The second-order valence-corrected chi connectivity index (χ2v) is 0.861. The molecule has 34 valence electrons. The van der Waals surface area contributed by atoms with Gasteiger partial charge in [0.05, 0.1) is 0 Å². The Labute approximate surface area is 81.2 Å². The number of ketones is 1. The second-order valence-electron chi connectivity index (χ2n) is 0.861. The first-order valence-corrected chi connectivity index (χ1v) is 1.38. The third-order valence-corrected chi connectivity index (χ3v) is 0.301. The molecule has 0 unspecified atom stereocenters. The molecule has 0 aliphatic carbocycles. The quantitative estimate of drug-likeness (QED) is 0.473. The molecule has 1 N–H and O–H groups in total. The Hall–Kier alpha value is 0.711. The van der Waals surface area contributed by atoms with Gasteiger partial charge < -0.3 is 5.11 Å². The smallest absolute Gasteiger partial charge is 0.476 e. The maximum Gasteiger partial charge on any atom is 2.00 e. The summed E-state index contributed by atoms with van der Waals surface area (Å²) in [5.41, 5.74) is 0. The standard InChI is InChI=1S/C3H4O3.Ba/c1-2(4)3(5)6;/h1H3,(H,5,6);/q;+2. The van der Waals surface area contributed by atoms with Crippen LogP contribution in [0.25, 0.3) is 0 Å². The Morgan fingerprint density at radius 1 is 1.43 bits per heavy atom. The van der Waals surface area contributed by atoms with E-state index in [9.17, 15) is 9.59 Å². The molecule has 0 fully saturated rings. The zero-order valence-corrected chi connectivity index (χ0v) is 8.41. The van der Waals surface area contributed by atoms with E-state index in [2.05, 4.69) is 0 Å². The van der Waals surface area contributed by atoms with E-state index >= 15 is 0 Å². The minimum atomic E-state index is -1.38. The van der Waals surface area contributed by atoms with Crippen LogP contribution in [-0.2, 0) is 9.59 Å². The zero-order valence-electron chi connectivity index (χ0n) is 3.97. The van der Waals surface area contributed by atoms with Crippen LogP contribution in [0.2, 0.25) is 0 Å². The fourth-order valence-electron chi connectivity index (χ4n) is 0. The summed E-state index contributed by atoms with van der Waals surface area (Å²) < 4.78 is 0. The van der Waals surface area contributed by atoms with Crippen LogP contribution in [-0.4, -0.2) is 65.7 Å². The number of aliphatic carboxylic acids is 1. The predicted octanol–water partition coefficient (Wildman–Crippen LogP) is -0.721. The molecule has 0 amide bonds. The summed E-state index contributed by atoms with van der Waals surface area (Å²) in [6, 6.07) is 0. The number of Topliss-reactive ketones (excluding diaryl/α,β-unsaturated/α-hetero) is 1. The van der Waals surface area contributed by atoms with Crippen molar-refractivity contribution in [1.29, 1.82) is 0 Å². The number of hydrogen-bond acceptors (Lipinski definition) is 2. The van der Waals surface area contributed by atoms with E-state index in [4.69, 9.17) is 5.11 Å². The third-order valence-electron chi connectivity index (χ3n) is 0.301. The molecule has 0 spiro atoms. The average molecular weight is 225 g/mol. The summed E-state index contributed by atoms with van der Waals surface area (Å²) in [7, 11) is 0. The third kappa shape index (κ3) is 6.71. The molecule has 4 heteroatoms. The van der Waals surface area contributed by atoms with Crippen molar-refractivity contribution < 1.29 is 14.7 Å². The van der Waals surface area contributed by atoms with Crippen LogP contribution in [0, 0.1) is 0 Å². The molecule has 0 saturated heterocycles. The van der Waals surface area contributed by atoms with Crippen LogP contribution in [0.3, 0.4) is 0 Å². The fraction of sp³-hybridized carbons (Fsp3) is 0.333. The Bertz CT molecular complexity index is 76.2. The Morgan fingerprint density at radius 2 is 1.57 bits per heavy atom. The predicted molar refractivity (Wildman–Crippen MR) is 24.1 cm³/mol. The van der Waals surface area contributed by atoms with E-state index in [1.807, 2.05) is 0 Å². The van der Waals surface area contributed by atoms with E-state index in [0.717, 1.165) is 6.92 Å². The van der Waals surface area contributed by atoms with Gasteiger partial charge in [0.2, 0.25) is 5.78 Å². The van der Waals surface area contributed by atoms with Gasteiger partial charge in [0.25, 0.3) is 0 Å². The normalized spacial score (nSPS) is 6.43. The number of hydrogen-bond donors (Lipinski definition) is 1. The molecule has 0 radical (unpaired) electrons. The molecule has 0 aromatic rings. The fourth-order valence-corrected chi connectivity index (χ4v) is 0. The van der Waals surface area contributed by atoms with Crippen molar-refractivity contribution in [2.75, 3.05) is 0 Å². The topological polar surface area (TPSA) is 54.4 Å². The van der Waals surface area contributed by atoms with E-state index in [1.165, 1.54) is 0 Å². The zero-order chi connectivity index (χ0) is 5.15. The number of carboxylic acid groups (broad SMARTS) is 1. The second kappa shape index (κ2) is 4.86. The monoisotopic (exact) mass is 226 g/mol. The molecule has 0 saturated carbocycles. The largest absolute Gasteiger partial charge is 2.00 e. The van der Waals surface area contributed by atoms with Crippen molar-refractivity contribution in [3.05, 3.63) is 0 Å². The van der Waals surface area contributed by atoms with Gasteiger partial charge in [-0.3, -0.25) is 4.79 Å². The van der Waals surface area contributed by atoms with Gasteiger partial charge in [-0.05, 0) is 0 Å². The van der Waals surface area contributed by atoms with E-state index in [-0.39, 0.29) is 48.9 Å². The van der Waals surface area contributed by atoms with Crippen LogP contribution in [0.1, 0.15) is 6.92 Å². The van der Waals surface area contributed by atoms with Crippen LogP contribution >= 0.6 is 0 Å². The molecule has 0 atom stereocenters. The molecule has 0 aromatic heterocycles. The van der Waals surface area contributed by atoms with Crippen molar-refractivity contribution in [3.8, 4) is 0 Å². The number of carbonyl (C=O) groups excluding carboxylic acids is 1. The van der Waals surface area contributed by atoms with Gasteiger partial charge >= 0.3 is 54.9 Å². The summed E-state index contributed by atoms with van der Waals surface area (Å²) in [5.74, 6) is -2.20. The first-order chi connectivity index (χ1) is 2.64. The summed E-state index contributed by atoms with van der Waals surface area (Å²) in [4.78, 5) is 18.9. The Balaban J connectivity index is 0. The van der Waals surface area contributed by atoms with Crippen LogP contribution < -0.4 is 0 Å². The molecule has 0 aromatic carbocycles. The molecule has 0 bridgehead atoms. The maximum absolute atomic E-state index is 9.54. The first-order valence-electron chi connectivity index (χ1n) is 1.38. The molecule has 7 heavy (non-hydrogen) atoms. The van der Waals surface area contributed by atoms with Gasteiger partial charge in [0.15, 0.2) is 0 Å². The molecular weight excluding hydrogens is 221 g/mol.